The van der Waals surface area contributed by atoms with E-state index in [0.29, 0.717) is 11.8 Å². The van der Waals surface area contributed by atoms with Crippen molar-refractivity contribution in [1.29, 1.82) is 0 Å². The number of rotatable bonds is 4. The van der Waals surface area contributed by atoms with E-state index in [0.717, 1.165) is 6.07 Å². The van der Waals surface area contributed by atoms with Crippen LogP contribution >= 0.6 is 23.4 Å². The summed E-state index contributed by atoms with van der Waals surface area (Å²) in [5.74, 6) is -4.12. The summed E-state index contributed by atoms with van der Waals surface area (Å²) in [6.07, 6.45) is 0. The van der Waals surface area contributed by atoms with E-state index in [9.17, 15) is 18.0 Å². The number of benzene rings is 2. The van der Waals surface area contributed by atoms with Gasteiger partial charge in [0, 0.05) is 9.92 Å². The van der Waals surface area contributed by atoms with Crippen LogP contribution in [0.1, 0.15) is 10.4 Å². The quantitative estimate of drug-likeness (QED) is 0.795. The van der Waals surface area contributed by atoms with Gasteiger partial charge in [-0.1, -0.05) is 35.5 Å². The highest BCUT2D eigenvalue weighted by Gasteiger charge is 2.15. The van der Waals surface area contributed by atoms with Crippen LogP contribution in [0.5, 0.6) is 0 Å². The summed E-state index contributed by atoms with van der Waals surface area (Å²) in [7, 11) is 0. The Morgan fingerprint density at radius 3 is 2.57 bits per heavy atom. The Balaban J connectivity index is 2.23. The van der Waals surface area contributed by atoms with Crippen LogP contribution < -0.4 is 5.32 Å². The van der Waals surface area contributed by atoms with Crippen LogP contribution in [-0.2, 0) is 0 Å². The minimum absolute atomic E-state index is 0.165. The standard InChI is InChI=1S/C14H9ClF3NOS/c15-8-5-6-9(10(16)7-8)13(20)19-11-3-1-2-4-12(11)21-14(17)18/h1-7,14H,(H,19,20). The fourth-order valence-electron chi connectivity index (χ4n) is 1.63. The second kappa shape index (κ2) is 6.87. The average Bonchev–Trinajstić information content (AvgIpc) is 2.40. The van der Waals surface area contributed by atoms with Crippen molar-refractivity contribution in [3.63, 3.8) is 0 Å². The molecule has 2 aromatic rings. The van der Waals surface area contributed by atoms with Crippen molar-refractivity contribution in [2.45, 2.75) is 10.7 Å². The van der Waals surface area contributed by atoms with Gasteiger partial charge in [0.15, 0.2) is 0 Å². The first kappa shape index (κ1) is 15.7. The summed E-state index contributed by atoms with van der Waals surface area (Å²) in [4.78, 5) is 12.2. The van der Waals surface area contributed by atoms with Gasteiger partial charge < -0.3 is 5.32 Å². The van der Waals surface area contributed by atoms with Crippen LogP contribution in [0.4, 0.5) is 18.9 Å². The number of para-hydroxylation sites is 1. The number of carbonyl (C=O) groups excluding carboxylic acids is 1. The highest BCUT2D eigenvalue weighted by molar-refractivity contribution is 7.99. The molecule has 0 fully saturated rings. The lowest BCUT2D eigenvalue weighted by molar-refractivity contribution is 0.102. The second-order valence-electron chi connectivity index (χ2n) is 3.95. The van der Waals surface area contributed by atoms with E-state index in [1.54, 1.807) is 12.1 Å². The molecular formula is C14H9ClF3NOS. The normalized spacial score (nSPS) is 10.7. The zero-order valence-corrected chi connectivity index (χ0v) is 12.0. The van der Waals surface area contributed by atoms with Gasteiger partial charge in [-0.3, -0.25) is 4.79 Å². The Kier molecular flexibility index (Phi) is 5.14. The van der Waals surface area contributed by atoms with E-state index in [1.807, 2.05) is 0 Å². The molecule has 1 N–H and O–H groups in total. The van der Waals surface area contributed by atoms with Gasteiger partial charge in [0.05, 0.1) is 11.3 Å². The summed E-state index contributed by atoms with van der Waals surface area (Å²) in [5, 5.41) is 2.58. The molecule has 0 heterocycles. The lowest BCUT2D eigenvalue weighted by Gasteiger charge is -2.10. The summed E-state index contributed by atoms with van der Waals surface area (Å²) >= 11 is 5.91. The maximum Gasteiger partial charge on any atom is 0.288 e. The molecule has 21 heavy (non-hydrogen) atoms. The van der Waals surface area contributed by atoms with Gasteiger partial charge >= 0.3 is 0 Å². The number of thioether (sulfide) groups is 1. The predicted octanol–water partition coefficient (Wildman–Crippen LogP) is 5.05. The molecule has 110 valence electrons. The summed E-state index contributed by atoms with van der Waals surface area (Å²) < 4.78 is 38.5. The van der Waals surface area contributed by atoms with Gasteiger partial charge in [0.1, 0.15) is 5.82 Å². The molecule has 0 aliphatic rings. The van der Waals surface area contributed by atoms with E-state index < -0.39 is 17.5 Å². The molecule has 0 aliphatic carbocycles. The number of nitrogens with one attached hydrogen (secondary N) is 1. The summed E-state index contributed by atoms with van der Waals surface area (Å²) in [5.41, 5.74) is -0.0154. The monoisotopic (exact) mass is 331 g/mol. The van der Waals surface area contributed by atoms with Crippen LogP contribution in [0, 0.1) is 5.82 Å². The first-order chi connectivity index (χ1) is 9.97. The lowest BCUT2D eigenvalue weighted by Crippen LogP contribution is -2.14. The predicted molar refractivity (Wildman–Crippen MR) is 77.7 cm³/mol. The minimum Gasteiger partial charge on any atom is -0.321 e. The molecule has 0 aromatic heterocycles. The van der Waals surface area contributed by atoms with Crippen LogP contribution in [0.2, 0.25) is 5.02 Å². The second-order valence-corrected chi connectivity index (χ2v) is 5.42. The van der Waals surface area contributed by atoms with Gasteiger partial charge in [-0.25, -0.2) is 4.39 Å². The Morgan fingerprint density at radius 2 is 1.90 bits per heavy atom. The fourth-order valence-corrected chi connectivity index (χ4v) is 2.39. The van der Waals surface area contributed by atoms with Crippen molar-refractivity contribution < 1.29 is 18.0 Å². The molecule has 7 heteroatoms. The highest BCUT2D eigenvalue weighted by atomic mass is 35.5. The Morgan fingerprint density at radius 1 is 1.19 bits per heavy atom. The minimum atomic E-state index is -2.62. The molecule has 2 aromatic carbocycles. The molecule has 0 bridgehead atoms. The van der Waals surface area contributed by atoms with Gasteiger partial charge in [-0.2, -0.15) is 8.78 Å². The number of alkyl halides is 2. The maximum absolute atomic E-state index is 13.6. The number of carbonyl (C=O) groups is 1. The van der Waals surface area contributed by atoms with Gasteiger partial charge in [-0.05, 0) is 30.3 Å². The van der Waals surface area contributed by atoms with Crippen molar-refractivity contribution in [2.75, 3.05) is 5.32 Å². The van der Waals surface area contributed by atoms with Crippen molar-refractivity contribution in [3.8, 4) is 0 Å². The Bertz CT molecular complexity index is 666. The third-order valence-corrected chi connectivity index (χ3v) is 3.55. The van der Waals surface area contributed by atoms with E-state index in [4.69, 9.17) is 11.6 Å². The Hall–Kier alpha value is -1.66. The van der Waals surface area contributed by atoms with E-state index in [2.05, 4.69) is 5.32 Å². The average molecular weight is 332 g/mol. The molecule has 1 amide bonds. The van der Waals surface area contributed by atoms with Crippen LogP contribution in [0.15, 0.2) is 47.4 Å². The third kappa shape index (κ3) is 4.15. The van der Waals surface area contributed by atoms with Crippen molar-refractivity contribution in [2.24, 2.45) is 0 Å². The van der Waals surface area contributed by atoms with E-state index in [1.165, 1.54) is 24.3 Å². The molecule has 0 atom stereocenters. The van der Waals surface area contributed by atoms with Crippen molar-refractivity contribution >= 4 is 35.0 Å². The highest BCUT2D eigenvalue weighted by Crippen LogP contribution is 2.32. The number of hydrogen-bond acceptors (Lipinski definition) is 2. The van der Waals surface area contributed by atoms with Crippen LogP contribution in [0.3, 0.4) is 0 Å². The first-order valence-corrected chi connectivity index (χ1v) is 7.03. The zero-order valence-electron chi connectivity index (χ0n) is 10.4. The number of anilines is 1. The lowest BCUT2D eigenvalue weighted by atomic mass is 10.2. The van der Waals surface area contributed by atoms with Gasteiger partial charge in [0.2, 0.25) is 0 Å². The van der Waals surface area contributed by atoms with Gasteiger partial charge in [0.25, 0.3) is 11.7 Å². The third-order valence-electron chi connectivity index (χ3n) is 2.53. The summed E-state index contributed by atoms with van der Waals surface area (Å²) in [6.45, 7) is 0. The van der Waals surface area contributed by atoms with E-state index >= 15 is 0 Å². The topological polar surface area (TPSA) is 29.1 Å². The molecular weight excluding hydrogens is 323 g/mol. The molecule has 0 unspecified atom stereocenters. The van der Waals surface area contributed by atoms with Crippen molar-refractivity contribution in [3.05, 3.63) is 58.9 Å². The smallest absolute Gasteiger partial charge is 0.288 e. The summed E-state index contributed by atoms with van der Waals surface area (Å²) in [6, 6.07) is 9.69. The van der Waals surface area contributed by atoms with Gasteiger partial charge in [-0.15, -0.1) is 0 Å². The molecule has 0 radical (unpaired) electrons. The van der Waals surface area contributed by atoms with E-state index in [-0.39, 0.29) is 21.2 Å². The Labute approximate surface area is 128 Å². The number of hydrogen-bond donors (Lipinski definition) is 1. The largest absolute Gasteiger partial charge is 0.321 e. The number of halogens is 4. The van der Waals surface area contributed by atoms with Crippen LogP contribution in [0.25, 0.3) is 0 Å². The maximum atomic E-state index is 13.6. The fraction of sp³-hybridized carbons (Fsp3) is 0.0714. The SMILES string of the molecule is O=C(Nc1ccccc1SC(F)F)c1ccc(Cl)cc1F. The molecule has 0 saturated carbocycles. The molecule has 0 spiro atoms. The molecule has 0 aliphatic heterocycles. The number of amides is 1. The first-order valence-electron chi connectivity index (χ1n) is 5.77. The molecule has 2 nitrogen and oxygen atoms in total. The molecule has 0 saturated heterocycles. The van der Waals surface area contributed by atoms with Crippen molar-refractivity contribution in [1.82, 2.24) is 0 Å². The van der Waals surface area contributed by atoms with Crippen LogP contribution in [-0.4, -0.2) is 11.7 Å². The zero-order chi connectivity index (χ0) is 15.4. The molecule has 2 rings (SSSR count).